The Hall–Kier alpha value is -4.01. The lowest BCUT2D eigenvalue weighted by atomic mass is 10.1. The van der Waals surface area contributed by atoms with E-state index in [0.29, 0.717) is 30.3 Å². The summed E-state index contributed by atoms with van der Waals surface area (Å²) in [5.74, 6) is 0.349. The van der Waals surface area contributed by atoms with Crippen LogP contribution in [0.4, 0.5) is 24.8 Å². The average Bonchev–Trinajstić information content (AvgIpc) is 3.50. The first-order valence-corrected chi connectivity index (χ1v) is 14.0. The van der Waals surface area contributed by atoms with Crippen LogP contribution in [0.25, 0.3) is 27.6 Å². The Morgan fingerprint density at radius 2 is 1.82 bits per heavy atom. The SMILES string of the molecule is Nc1cccc(-c2nc3sccn3c2-c2ccnc(NCCCNS(=O)(=O)c3ccc(C(F)(F)F)cc3)n2)c1. The Labute approximate surface area is 225 Å². The van der Waals surface area contributed by atoms with E-state index < -0.39 is 21.8 Å². The summed E-state index contributed by atoms with van der Waals surface area (Å²) in [7, 11) is -3.95. The highest BCUT2D eigenvalue weighted by Gasteiger charge is 2.30. The largest absolute Gasteiger partial charge is 0.416 e. The summed E-state index contributed by atoms with van der Waals surface area (Å²) in [5.41, 5.74) is 8.70. The number of sulfonamides is 1. The van der Waals surface area contributed by atoms with Crippen LogP contribution in [0.1, 0.15) is 12.0 Å². The molecule has 39 heavy (non-hydrogen) atoms. The number of halogens is 3. The molecule has 14 heteroatoms. The minimum Gasteiger partial charge on any atom is -0.399 e. The van der Waals surface area contributed by atoms with Crippen molar-refractivity contribution in [1.82, 2.24) is 24.1 Å². The molecule has 5 aromatic rings. The van der Waals surface area contributed by atoms with Gasteiger partial charge in [-0.15, -0.1) is 11.3 Å². The number of imidazole rings is 1. The standard InChI is InChI=1S/C25H22F3N7O2S2/c26-25(27,28)17-5-7-19(8-6-17)39(36,37)32-11-2-10-30-23-31-12-9-20(33-23)22-21(16-3-1-4-18(29)15-16)34-24-35(22)13-14-38-24/h1,3-9,12-15,32H,2,10-11,29H2,(H,30,31,33). The van der Waals surface area contributed by atoms with Gasteiger partial charge in [-0.2, -0.15) is 13.2 Å². The third kappa shape index (κ3) is 5.87. The summed E-state index contributed by atoms with van der Waals surface area (Å²) >= 11 is 1.50. The van der Waals surface area contributed by atoms with E-state index in [1.807, 2.05) is 34.2 Å². The molecular weight excluding hydrogens is 551 g/mol. The van der Waals surface area contributed by atoms with E-state index in [1.54, 1.807) is 18.3 Å². The maximum Gasteiger partial charge on any atom is 0.416 e. The van der Waals surface area contributed by atoms with E-state index in [1.165, 1.54) is 11.3 Å². The van der Waals surface area contributed by atoms with Crippen molar-refractivity contribution in [2.45, 2.75) is 17.5 Å². The number of nitrogens with two attached hydrogens (primary N) is 1. The molecule has 5 rings (SSSR count). The summed E-state index contributed by atoms with van der Waals surface area (Å²) in [6.07, 6.45) is -0.627. The zero-order chi connectivity index (χ0) is 27.6. The first kappa shape index (κ1) is 26.6. The van der Waals surface area contributed by atoms with Crippen LogP contribution in [0.15, 0.2) is 77.3 Å². The van der Waals surface area contributed by atoms with Crippen LogP contribution in [0.5, 0.6) is 0 Å². The number of nitrogens with one attached hydrogen (secondary N) is 2. The summed E-state index contributed by atoms with van der Waals surface area (Å²) < 4.78 is 67.3. The summed E-state index contributed by atoms with van der Waals surface area (Å²) in [6.45, 7) is 0.412. The summed E-state index contributed by atoms with van der Waals surface area (Å²) in [4.78, 5) is 14.2. The van der Waals surface area contributed by atoms with Gasteiger partial charge < -0.3 is 11.1 Å². The van der Waals surface area contributed by atoms with E-state index in [0.717, 1.165) is 46.2 Å². The van der Waals surface area contributed by atoms with Crippen molar-refractivity contribution < 1.29 is 21.6 Å². The first-order chi connectivity index (χ1) is 18.6. The summed E-state index contributed by atoms with van der Waals surface area (Å²) in [6, 6.07) is 12.6. The van der Waals surface area contributed by atoms with Crippen LogP contribution in [-0.4, -0.2) is 40.9 Å². The molecule has 0 aliphatic rings. The minimum atomic E-state index is -4.54. The third-order valence-corrected chi connectivity index (χ3v) is 7.97. The molecule has 3 heterocycles. The molecule has 0 radical (unpaired) electrons. The Kier molecular flexibility index (Phi) is 7.25. The maximum absolute atomic E-state index is 12.7. The van der Waals surface area contributed by atoms with Crippen LogP contribution in [-0.2, 0) is 16.2 Å². The van der Waals surface area contributed by atoms with Gasteiger partial charge in [0.2, 0.25) is 16.0 Å². The fraction of sp³-hybridized carbons (Fsp3) is 0.160. The normalized spacial score (nSPS) is 12.2. The molecule has 0 bridgehead atoms. The van der Waals surface area contributed by atoms with Gasteiger partial charge in [0.1, 0.15) is 5.69 Å². The number of fused-ring (bicyclic) bond motifs is 1. The second-order valence-electron chi connectivity index (χ2n) is 8.46. The Morgan fingerprint density at radius 1 is 1.03 bits per heavy atom. The van der Waals surface area contributed by atoms with Gasteiger partial charge in [-0.05, 0) is 48.9 Å². The first-order valence-electron chi connectivity index (χ1n) is 11.7. The Balaban J connectivity index is 1.24. The van der Waals surface area contributed by atoms with Crippen LogP contribution >= 0.6 is 11.3 Å². The smallest absolute Gasteiger partial charge is 0.399 e. The van der Waals surface area contributed by atoms with Crippen molar-refractivity contribution in [2.75, 3.05) is 24.1 Å². The van der Waals surface area contributed by atoms with Gasteiger partial charge in [0.15, 0.2) is 4.96 Å². The molecule has 0 spiro atoms. The lowest BCUT2D eigenvalue weighted by Gasteiger charge is -2.10. The van der Waals surface area contributed by atoms with E-state index in [-0.39, 0.29) is 11.4 Å². The van der Waals surface area contributed by atoms with Crippen molar-refractivity contribution in [2.24, 2.45) is 0 Å². The van der Waals surface area contributed by atoms with E-state index in [2.05, 4.69) is 20.0 Å². The lowest BCUT2D eigenvalue weighted by Crippen LogP contribution is -2.26. The fourth-order valence-electron chi connectivity index (χ4n) is 3.90. The van der Waals surface area contributed by atoms with E-state index in [4.69, 9.17) is 10.7 Å². The predicted molar refractivity (Wildman–Crippen MR) is 144 cm³/mol. The monoisotopic (exact) mass is 573 g/mol. The zero-order valence-electron chi connectivity index (χ0n) is 20.2. The molecule has 0 unspecified atom stereocenters. The van der Waals surface area contributed by atoms with Crippen molar-refractivity contribution in [3.05, 3.63) is 77.9 Å². The average molecular weight is 574 g/mol. The fourth-order valence-corrected chi connectivity index (χ4v) is 5.68. The van der Waals surface area contributed by atoms with Gasteiger partial charge in [0.25, 0.3) is 0 Å². The molecule has 4 N–H and O–H groups in total. The highest BCUT2D eigenvalue weighted by atomic mass is 32.2. The predicted octanol–water partition coefficient (Wildman–Crippen LogP) is 4.90. The highest BCUT2D eigenvalue weighted by Crippen LogP contribution is 2.34. The Morgan fingerprint density at radius 3 is 2.56 bits per heavy atom. The number of nitrogen functional groups attached to an aromatic ring is 1. The van der Waals surface area contributed by atoms with Crippen LogP contribution in [0.3, 0.4) is 0 Å². The number of rotatable bonds is 9. The minimum absolute atomic E-state index is 0.0633. The molecular formula is C25H22F3N7O2S2. The van der Waals surface area contributed by atoms with Gasteiger partial charge in [0.05, 0.1) is 21.8 Å². The molecule has 0 atom stereocenters. The molecule has 0 fully saturated rings. The number of hydrogen-bond acceptors (Lipinski definition) is 8. The molecule has 3 aromatic heterocycles. The zero-order valence-corrected chi connectivity index (χ0v) is 21.8. The number of aromatic nitrogens is 4. The summed E-state index contributed by atoms with van der Waals surface area (Å²) in [5, 5.41) is 5.01. The van der Waals surface area contributed by atoms with Crippen LogP contribution in [0, 0.1) is 0 Å². The van der Waals surface area contributed by atoms with Gasteiger partial charge in [-0.1, -0.05) is 12.1 Å². The van der Waals surface area contributed by atoms with Gasteiger partial charge in [-0.3, -0.25) is 4.40 Å². The van der Waals surface area contributed by atoms with Crippen LogP contribution in [0.2, 0.25) is 0 Å². The molecule has 9 nitrogen and oxygen atoms in total. The van der Waals surface area contributed by atoms with Crippen molar-refractivity contribution in [3.63, 3.8) is 0 Å². The van der Waals surface area contributed by atoms with E-state index in [9.17, 15) is 21.6 Å². The van der Waals surface area contributed by atoms with E-state index >= 15 is 0 Å². The number of anilines is 2. The molecule has 202 valence electrons. The molecule has 0 saturated carbocycles. The van der Waals surface area contributed by atoms with Crippen molar-refractivity contribution >= 4 is 38.0 Å². The number of benzene rings is 2. The second-order valence-corrected chi connectivity index (χ2v) is 11.1. The quantitative estimate of drug-likeness (QED) is 0.169. The van der Waals surface area contributed by atoms with Gasteiger partial charge in [0, 0.05) is 42.1 Å². The number of alkyl halides is 3. The number of nitrogens with zero attached hydrogens (tertiary/aromatic N) is 4. The molecule has 0 amide bonds. The van der Waals surface area contributed by atoms with Crippen molar-refractivity contribution in [1.29, 1.82) is 0 Å². The lowest BCUT2D eigenvalue weighted by molar-refractivity contribution is -0.137. The number of hydrogen-bond donors (Lipinski definition) is 3. The number of thiazole rings is 1. The molecule has 0 saturated heterocycles. The molecule has 0 aliphatic heterocycles. The molecule has 2 aromatic carbocycles. The van der Waals surface area contributed by atoms with Gasteiger partial charge in [-0.25, -0.2) is 28.1 Å². The molecule has 0 aliphatic carbocycles. The van der Waals surface area contributed by atoms with Gasteiger partial charge >= 0.3 is 6.18 Å². The second kappa shape index (κ2) is 10.6. The topological polar surface area (TPSA) is 127 Å². The third-order valence-electron chi connectivity index (χ3n) is 5.74. The highest BCUT2D eigenvalue weighted by molar-refractivity contribution is 7.89. The van der Waals surface area contributed by atoms with Crippen LogP contribution < -0.4 is 15.8 Å². The maximum atomic E-state index is 12.7. The van der Waals surface area contributed by atoms with Crippen molar-refractivity contribution in [3.8, 4) is 22.6 Å². The Bertz CT molecular complexity index is 1720.